The van der Waals surface area contributed by atoms with E-state index in [1.54, 1.807) is 6.07 Å². The largest absolute Gasteiger partial charge is 0.349 e. The molecule has 0 unspecified atom stereocenters. The fourth-order valence-electron chi connectivity index (χ4n) is 3.66. The van der Waals surface area contributed by atoms with Gasteiger partial charge in [0.05, 0.1) is 16.9 Å². The van der Waals surface area contributed by atoms with Gasteiger partial charge in [0.15, 0.2) is 5.82 Å². The summed E-state index contributed by atoms with van der Waals surface area (Å²) in [6.45, 7) is 0. The first kappa shape index (κ1) is 27.0. The lowest BCUT2D eigenvalue weighted by atomic mass is 10.0. The molecule has 0 spiro atoms. The highest BCUT2D eigenvalue weighted by Gasteiger charge is 2.27. The van der Waals surface area contributed by atoms with Crippen molar-refractivity contribution in [1.82, 2.24) is 14.6 Å². The summed E-state index contributed by atoms with van der Waals surface area (Å²) in [6, 6.07) is 10.0. The van der Waals surface area contributed by atoms with Gasteiger partial charge in [0.2, 0.25) is 0 Å². The van der Waals surface area contributed by atoms with Crippen LogP contribution in [0.4, 0.5) is 26.0 Å². The van der Waals surface area contributed by atoms with Crippen LogP contribution in [0.3, 0.4) is 0 Å². The van der Waals surface area contributed by atoms with Gasteiger partial charge in [-0.15, -0.1) is 0 Å². The number of halogens is 3. The molecule has 0 radical (unpaired) electrons. The molecule has 0 aliphatic heterocycles. The Labute approximate surface area is 226 Å². The zero-order valence-corrected chi connectivity index (χ0v) is 22.8. The van der Waals surface area contributed by atoms with Gasteiger partial charge in [0, 0.05) is 35.7 Å². The molecule has 1 aliphatic carbocycles. The van der Waals surface area contributed by atoms with Gasteiger partial charge in [-0.1, -0.05) is 12.1 Å². The van der Waals surface area contributed by atoms with Crippen LogP contribution in [0.2, 0.25) is 0 Å². The zero-order chi connectivity index (χ0) is 26.9. The molecule has 196 valence electrons. The van der Waals surface area contributed by atoms with Crippen LogP contribution in [0.15, 0.2) is 47.3 Å². The fourth-order valence-corrected chi connectivity index (χ4v) is 4.66. The molecule has 2 aromatic carbocycles. The van der Waals surface area contributed by atoms with Crippen molar-refractivity contribution >= 4 is 55.9 Å². The maximum Gasteiger partial charge on any atom is 0.298 e. The second kappa shape index (κ2) is 10.8. The number of amides is 1. The van der Waals surface area contributed by atoms with Crippen LogP contribution < -0.4 is 25.6 Å². The third kappa shape index (κ3) is 6.27. The minimum atomic E-state index is -3.96. The van der Waals surface area contributed by atoms with E-state index in [0.29, 0.717) is 3.57 Å². The summed E-state index contributed by atoms with van der Waals surface area (Å²) in [5.74, 6) is -1.78. The summed E-state index contributed by atoms with van der Waals surface area (Å²) in [4.78, 5) is 26.4. The van der Waals surface area contributed by atoms with Crippen LogP contribution >= 0.6 is 22.6 Å². The molecule has 4 N–H and O–H groups in total. The average Bonchev–Trinajstić information content (AvgIpc) is 3.66. The zero-order valence-electron chi connectivity index (χ0n) is 19.9. The summed E-state index contributed by atoms with van der Waals surface area (Å²) in [5.41, 5.74) is -0.496. The molecule has 0 saturated heterocycles. The molecule has 37 heavy (non-hydrogen) atoms. The van der Waals surface area contributed by atoms with Crippen molar-refractivity contribution < 1.29 is 22.0 Å². The van der Waals surface area contributed by atoms with Gasteiger partial charge in [0.25, 0.3) is 21.7 Å². The number of nitrogens with one attached hydrogen (secondary N) is 4. The van der Waals surface area contributed by atoms with E-state index in [4.69, 9.17) is 0 Å². The normalized spacial score (nSPS) is 13.3. The number of aromatic nitrogens is 1. The maximum absolute atomic E-state index is 15.1. The Morgan fingerprint density at radius 3 is 2.49 bits per heavy atom. The summed E-state index contributed by atoms with van der Waals surface area (Å²) < 4.78 is 59.3. The van der Waals surface area contributed by atoms with Crippen molar-refractivity contribution in [3.05, 3.63) is 84.7 Å². The Kier molecular flexibility index (Phi) is 7.85. The highest BCUT2D eigenvalue weighted by Crippen LogP contribution is 2.27. The van der Waals surface area contributed by atoms with Crippen molar-refractivity contribution in [2.75, 3.05) is 17.1 Å². The van der Waals surface area contributed by atoms with E-state index in [2.05, 4.69) is 15.4 Å². The van der Waals surface area contributed by atoms with Gasteiger partial charge in [0.1, 0.15) is 11.6 Å². The van der Waals surface area contributed by atoms with Gasteiger partial charge < -0.3 is 10.6 Å². The van der Waals surface area contributed by atoms with Crippen molar-refractivity contribution in [3.63, 3.8) is 0 Å². The first-order valence-electron chi connectivity index (χ1n) is 11.2. The summed E-state index contributed by atoms with van der Waals surface area (Å²) in [7, 11) is -1.35. The smallest absolute Gasteiger partial charge is 0.298 e. The van der Waals surface area contributed by atoms with Crippen LogP contribution in [0, 0.1) is 15.2 Å². The van der Waals surface area contributed by atoms with Crippen molar-refractivity contribution in [2.24, 2.45) is 7.05 Å². The Morgan fingerprint density at radius 2 is 1.84 bits per heavy atom. The summed E-state index contributed by atoms with van der Waals surface area (Å²) in [6.07, 6.45) is 1.45. The molecular formula is C24H24F2IN5O4S. The molecule has 0 bridgehead atoms. The second-order valence-corrected chi connectivity index (χ2v) is 11.4. The van der Waals surface area contributed by atoms with Crippen LogP contribution in [0.5, 0.6) is 0 Å². The van der Waals surface area contributed by atoms with E-state index < -0.39 is 33.3 Å². The predicted molar refractivity (Wildman–Crippen MR) is 145 cm³/mol. The topological polar surface area (TPSA) is 121 Å². The van der Waals surface area contributed by atoms with Gasteiger partial charge in [-0.3, -0.25) is 18.9 Å². The summed E-state index contributed by atoms with van der Waals surface area (Å²) in [5, 5.41) is 5.73. The van der Waals surface area contributed by atoms with E-state index in [-0.39, 0.29) is 46.3 Å². The third-order valence-corrected chi connectivity index (χ3v) is 7.50. The van der Waals surface area contributed by atoms with Crippen molar-refractivity contribution in [2.45, 2.75) is 25.3 Å². The van der Waals surface area contributed by atoms with Crippen LogP contribution in [0.25, 0.3) is 0 Å². The number of pyridine rings is 1. The lowest BCUT2D eigenvalue weighted by molar-refractivity contribution is 0.0951. The first-order chi connectivity index (χ1) is 17.5. The third-order valence-electron chi connectivity index (χ3n) is 5.80. The predicted octanol–water partition coefficient (Wildman–Crippen LogP) is 3.37. The van der Waals surface area contributed by atoms with Crippen LogP contribution in [0.1, 0.15) is 34.3 Å². The lowest BCUT2D eigenvalue weighted by Gasteiger charge is -2.18. The number of nitrogens with zero attached hydrogens (tertiary/aromatic N) is 1. The highest BCUT2D eigenvalue weighted by molar-refractivity contribution is 14.1. The molecule has 1 fully saturated rings. The number of rotatable bonds is 9. The lowest BCUT2D eigenvalue weighted by Crippen LogP contribution is -2.31. The first-order valence-corrected chi connectivity index (χ1v) is 13.8. The standard InChI is InChI=1S/C24H24F2IN5O4S/c1-28-37(35,36)31-20-5-3-4-13(21(20)26)10-14-11-17(23(33)29-16-7-8-16)22(32(2)24(14)34)30-19-9-6-15(27)12-18(19)25/h3-6,9,11-12,16,28,30-31H,7-8,10H2,1-2H3,(H,29,33). The van der Waals surface area contributed by atoms with Gasteiger partial charge >= 0.3 is 0 Å². The number of carbonyl (C=O) groups excluding carboxylic acids is 1. The molecule has 1 aromatic heterocycles. The Bertz CT molecular complexity index is 1540. The molecule has 4 rings (SSSR count). The number of carbonyl (C=O) groups is 1. The van der Waals surface area contributed by atoms with E-state index in [1.165, 1.54) is 55.1 Å². The van der Waals surface area contributed by atoms with Gasteiger partial charge in [-0.2, -0.15) is 8.42 Å². The van der Waals surface area contributed by atoms with Crippen molar-refractivity contribution in [1.29, 1.82) is 0 Å². The van der Waals surface area contributed by atoms with Gasteiger partial charge in [-0.25, -0.2) is 13.5 Å². The molecule has 1 aliphatic rings. The maximum atomic E-state index is 15.1. The molecule has 3 aromatic rings. The Balaban J connectivity index is 1.76. The van der Waals surface area contributed by atoms with E-state index in [1.807, 2.05) is 27.3 Å². The Morgan fingerprint density at radius 1 is 1.11 bits per heavy atom. The minimum Gasteiger partial charge on any atom is -0.349 e. The molecule has 13 heteroatoms. The van der Waals surface area contributed by atoms with E-state index >= 15 is 4.39 Å². The minimum absolute atomic E-state index is 0.0189. The molecule has 1 heterocycles. The second-order valence-electron chi connectivity index (χ2n) is 8.56. The number of anilines is 3. The number of benzene rings is 2. The van der Waals surface area contributed by atoms with E-state index in [0.717, 1.165) is 12.8 Å². The van der Waals surface area contributed by atoms with Crippen LogP contribution in [-0.4, -0.2) is 32.0 Å². The molecule has 9 nitrogen and oxygen atoms in total. The fraction of sp³-hybridized carbons (Fsp3) is 0.250. The average molecular weight is 643 g/mol. The molecule has 1 amide bonds. The Hall–Kier alpha value is -3.04. The quantitative estimate of drug-likeness (QED) is 0.267. The molecular weight excluding hydrogens is 619 g/mol. The molecule has 0 atom stereocenters. The summed E-state index contributed by atoms with van der Waals surface area (Å²) >= 11 is 1.97. The van der Waals surface area contributed by atoms with Gasteiger partial charge in [-0.05, 0) is 71.3 Å². The number of hydrogen-bond donors (Lipinski definition) is 4. The SMILES string of the molecule is CNS(=O)(=O)Nc1cccc(Cc2cc(C(=O)NC3CC3)c(Nc3ccc(I)cc3F)n(C)c2=O)c1F. The van der Waals surface area contributed by atoms with Crippen molar-refractivity contribution in [3.8, 4) is 0 Å². The number of hydrogen-bond acceptors (Lipinski definition) is 5. The highest BCUT2D eigenvalue weighted by atomic mass is 127. The van der Waals surface area contributed by atoms with E-state index in [9.17, 15) is 22.4 Å². The monoisotopic (exact) mass is 643 g/mol. The van der Waals surface area contributed by atoms with Crippen LogP contribution in [-0.2, 0) is 23.7 Å². The molecule has 1 saturated carbocycles.